The average molecular weight is 328 g/mol. The van der Waals surface area contributed by atoms with Crippen molar-refractivity contribution in [3.05, 3.63) is 40.9 Å². The Morgan fingerprint density at radius 1 is 1.46 bits per heavy atom. The summed E-state index contributed by atoms with van der Waals surface area (Å²) in [5.74, 6) is 6.87. The van der Waals surface area contributed by atoms with Gasteiger partial charge in [-0.1, -0.05) is 23.6 Å². The monoisotopic (exact) mass is 328 g/mol. The van der Waals surface area contributed by atoms with Gasteiger partial charge in [0.2, 0.25) is 0 Å². The van der Waals surface area contributed by atoms with Gasteiger partial charge in [0.15, 0.2) is 0 Å². The summed E-state index contributed by atoms with van der Waals surface area (Å²) in [7, 11) is 1.36. The topological polar surface area (TPSA) is 59.7 Å². The summed E-state index contributed by atoms with van der Waals surface area (Å²) in [6.45, 7) is 7.92. The van der Waals surface area contributed by atoms with Gasteiger partial charge in [0, 0.05) is 19.3 Å². The van der Waals surface area contributed by atoms with Crippen LogP contribution >= 0.6 is 0 Å². The Hall–Kier alpha value is -2.25. The third kappa shape index (κ3) is 4.62. The number of methoxy groups -OCH3 is 1. The predicted molar refractivity (Wildman–Crippen MR) is 93.3 cm³/mol. The lowest BCUT2D eigenvalue weighted by Gasteiger charge is -2.15. The van der Waals surface area contributed by atoms with Gasteiger partial charge in [-0.15, -0.1) is 5.92 Å². The maximum Gasteiger partial charge on any atom is 0.341 e. The van der Waals surface area contributed by atoms with Gasteiger partial charge in [0.05, 0.1) is 7.11 Å². The molecule has 1 N–H and O–H groups in total. The van der Waals surface area contributed by atoms with E-state index in [2.05, 4.69) is 18.4 Å². The molecule has 1 aliphatic heterocycles. The molecule has 0 saturated carbocycles. The highest BCUT2D eigenvalue weighted by Crippen LogP contribution is 2.27. The number of fused-ring (bicyclic) bond motifs is 2. The van der Waals surface area contributed by atoms with E-state index in [1.807, 2.05) is 19.9 Å². The fourth-order valence-corrected chi connectivity index (χ4v) is 2.80. The van der Waals surface area contributed by atoms with Gasteiger partial charge in [0.1, 0.15) is 23.2 Å². The first-order valence-electron chi connectivity index (χ1n) is 8.10. The second-order valence-electron chi connectivity index (χ2n) is 6.30. The van der Waals surface area contributed by atoms with Crippen molar-refractivity contribution >= 4 is 12.0 Å². The third-order valence-corrected chi connectivity index (χ3v) is 4.15. The molecule has 0 aliphatic carbocycles. The number of ether oxygens (including phenoxy) is 1. The van der Waals surface area contributed by atoms with Crippen molar-refractivity contribution < 1.29 is 19.1 Å². The molecule has 0 amide bonds. The predicted octanol–water partition coefficient (Wildman–Crippen LogP) is 3.75. The molecule has 4 heteroatoms. The molecule has 4 nitrogen and oxygen atoms in total. The Morgan fingerprint density at radius 2 is 2.21 bits per heavy atom. The number of rotatable bonds is 2. The maximum atomic E-state index is 12.0. The first kappa shape index (κ1) is 18.1. The second kappa shape index (κ2) is 8.03. The SMILES string of the molecule is C=C(C)C1CCC#CC(O)C/C(C)=C\c2cc(C(=O)OC)c(o2)C1. The van der Waals surface area contributed by atoms with Crippen LogP contribution in [0, 0.1) is 17.8 Å². The minimum atomic E-state index is -0.695. The highest BCUT2D eigenvalue weighted by Gasteiger charge is 2.22. The molecule has 0 radical (unpaired) electrons. The van der Waals surface area contributed by atoms with Crippen LogP contribution in [0.4, 0.5) is 0 Å². The van der Waals surface area contributed by atoms with Gasteiger partial charge < -0.3 is 14.3 Å². The summed E-state index contributed by atoms with van der Waals surface area (Å²) in [6.07, 6.45) is 3.63. The molecular weight excluding hydrogens is 304 g/mol. The molecule has 0 saturated heterocycles. The van der Waals surface area contributed by atoms with Crippen LogP contribution in [-0.2, 0) is 11.2 Å². The van der Waals surface area contributed by atoms with E-state index >= 15 is 0 Å². The number of carbonyl (C=O) groups excluding carboxylic acids is 1. The first-order chi connectivity index (χ1) is 11.4. The average Bonchev–Trinajstić information content (AvgIpc) is 2.91. The van der Waals surface area contributed by atoms with Crippen molar-refractivity contribution in [2.75, 3.05) is 7.11 Å². The Balaban J connectivity index is 2.45. The zero-order valence-corrected chi connectivity index (χ0v) is 14.5. The van der Waals surface area contributed by atoms with E-state index in [0.717, 1.165) is 17.6 Å². The van der Waals surface area contributed by atoms with Crippen LogP contribution < -0.4 is 0 Å². The molecule has 1 aliphatic rings. The van der Waals surface area contributed by atoms with Crippen LogP contribution in [0.2, 0.25) is 0 Å². The number of esters is 1. The molecule has 0 fully saturated rings. The number of hydrogen-bond acceptors (Lipinski definition) is 4. The molecule has 2 rings (SSSR count). The van der Waals surface area contributed by atoms with Crippen LogP contribution in [0.25, 0.3) is 6.08 Å². The summed E-state index contributed by atoms with van der Waals surface area (Å²) in [6, 6.07) is 1.70. The summed E-state index contributed by atoms with van der Waals surface area (Å²) in [4.78, 5) is 12.0. The lowest BCUT2D eigenvalue weighted by Crippen LogP contribution is -2.09. The molecular formula is C20H24O4. The van der Waals surface area contributed by atoms with Crippen LogP contribution in [0.15, 0.2) is 28.2 Å². The molecule has 2 heterocycles. The normalized spacial score (nSPS) is 23.4. The van der Waals surface area contributed by atoms with Gasteiger partial charge in [-0.05, 0) is 38.3 Å². The van der Waals surface area contributed by atoms with Crippen molar-refractivity contribution in [3.8, 4) is 11.8 Å². The number of aliphatic hydroxyl groups excluding tert-OH is 1. The van der Waals surface area contributed by atoms with E-state index in [0.29, 0.717) is 36.3 Å². The Morgan fingerprint density at radius 3 is 2.88 bits per heavy atom. The molecule has 24 heavy (non-hydrogen) atoms. The molecule has 128 valence electrons. The largest absolute Gasteiger partial charge is 0.465 e. The van der Waals surface area contributed by atoms with Gasteiger partial charge in [0.25, 0.3) is 0 Å². The number of furan rings is 1. The van der Waals surface area contributed by atoms with Crippen molar-refractivity contribution in [2.24, 2.45) is 5.92 Å². The molecule has 1 aromatic rings. The van der Waals surface area contributed by atoms with Crippen molar-refractivity contribution in [1.82, 2.24) is 0 Å². The van der Waals surface area contributed by atoms with E-state index in [1.165, 1.54) is 7.11 Å². The van der Waals surface area contributed by atoms with Gasteiger partial charge in [-0.2, -0.15) is 0 Å². The molecule has 1 aromatic heterocycles. The van der Waals surface area contributed by atoms with E-state index < -0.39 is 12.1 Å². The maximum absolute atomic E-state index is 12.0. The zero-order chi connectivity index (χ0) is 17.7. The second-order valence-corrected chi connectivity index (χ2v) is 6.30. The number of allylic oxidation sites excluding steroid dienone is 1. The standard InChI is InChI=1S/C20H24O4/c1-13(2)15-7-5-6-8-16(21)9-14(3)10-17-12-18(20(22)23-4)19(11-15)24-17/h10,12,15-16,21H,1,5,7,9,11H2,2-4H3/b14-10-. The Kier molecular flexibility index (Phi) is 6.05. The lowest BCUT2D eigenvalue weighted by molar-refractivity contribution is 0.0598. The van der Waals surface area contributed by atoms with E-state index in [4.69, 9.17) is 9.15 Å². The number of aliphatic hydroxyl groups is 1. The van der Waals surface area contributed by atoms with E-state index in [9.17, 15) is 9.90 Å². The summed E-state index contributed by atoms with van der Waals surface area (Å²) in [5.41, 5.74) is 2.41. The molecule has 2 atom stereocenters. The Bertz CT molecular complexity index is 712. The fraction of sp³-hybridized carbons (Fsp3) is 0.450. The van der Waals surface area contributed by atoms with Crippen LogP contribution in [0.5, 0.6) is 0 Å². The first-order valence-corrected chi connectivity index (χ1v) is 8.10. The van der Waals surface area contributed by atoms with Gasteiger partial charge in [-0.25, -0.2) is 4.79 Å². The highest BCUT2D eigenvalue weighted by molar-refractivity contribution is 5.91. The van der Waals surface area contributed by atoms with Crippen LogP contribution in [0.3, 0.4) is 0 Å². The zero-order valence-electron chi connectivity index (χ0n) is 14.5. The molecule has 2 unspecified atom stereocenters. The van der Waals surface area contributed by atoms with E-state index in [1.54, 1.807) is 6.07 Å². The number of carbonyl (C=O) groups is 1. The van der Waals surface area contributed by atoms with Crippen molar-refractivity contribution in [1.29, 1.82) is 0 Å². The van der Waals surface area contributed by atoms with Crippen molar-refractivity contribution in [2.45, 2.75) is 45.6 Å². The molecule has 0 aromatic carbocycles. The quantitative estimate of drug-likeness (QED) is 0.510. The fourth-order valence-electron chi connectivity index (χ4n) is 2.80. The summed E-state index contributed by atoms with van der Waals surface area (Å²) >= 11 is 0. The van der Waals surface area contributed by atoms with E-state index in [-0.39, 0.29) is 5.92 Å². The minimum Gasteiger partial charge on any atom is -0.465 e. The van der Waals surface area contributed by atoms with Crippen LogP contribution in [-0.4, -0.2) is 24.3 Å². The third-order valence-electron chi connectivity index (χ3n) is 4.15. The van der Waals surface area contributed by atoms with Crippen LogP contribution in [0.1, 0.15) is 55.0 Å². The smallest absolute Gasteiger partial charge is 0.341 e. The highest BCUT2D eigenvalue weighted by atomic mass is 16.5. The number of hydrogen-bond donors (Lipinski definition) is 1. The Labute approximate surface area is 143 Å². The molecule has 2 bridgehead atoms. The summed E-state index contributed by atoms with van der Waals surface area (Å²) < 4.78 is 10.8. The van der Waals surface area contributed by atoms with Gasteiger partial charge in [-0.3, -0.25) is 0 Å². The van der Waals surface area contributed by atoms with Gasteiger partial charge >= 0.3 is 5.97 Å². The molecule has 0 spiro atoms. The summed E-state index contributed by atoms with van der Waals surface area (Å²) in [5, 5.41) is 9.98. The lowest BCUT2D eigenvalue weighted by atomic mass is 9.91. The van der Waals surface area contributed by atoms with Crippen molar-refractivity contribution in [3.63, 3.8) is 0 Å². The minimum absolute atomic E-state index is 0.157.